The molecule has 0 aliphatic carbocycles. The Morgan fingerprint density at radius 2 is 1.83 bits per heavy atom. The van der Waals surface area contributed by atoms with E-state index in [1.54, 1.807) is 18.2 Å². The average molecular weight is 325 g/mol. The van der Waals surface area contributed by atoms with Crippen molar-refractivity contribution in [3.05, 3.63) is 63.1 Å². The minimum atomic E-state index is -0.164. The number of aryl methyl sites for hydroxylation is 1. The summed E-state index contributed by atoms with van der Waals surface area (Å²) in [5, 5.41) is 3.43. The number of carbonyl (C=O) groups excluding carboxylic acids is 1. The lowest BCUT2D eigenvalue weighted by molar-refractivity contribution is 0.102. The number of halogens is 2. The van der Waals surface area contributed by atoms with E-state index in [2.05, 4.69) is 21.2 Å². The van der Waals surface area contributed by atoms with Crippen molar-refractivity contribution in [3.8, 4) is 0 Å². The first-order chi connectivity index (χ1) is 8.56. The van der Waals surface area contributed by atoms with Gasteiger partial charge in [-0.25, -0.2) is 0 Å². The van der Waals surface area contributed by atoms with Gasteiger partial charge in [0.1, 0.15) is 0 Å². The van der Waals surface area contributed by atoms with Gasteiger partial charge in [-0.15, -0.1) is 0 Å². The molecule has 0 saturated carbocycles. The first-order valence-electron chi connectivity index (χ1n) is 5.39. The summed E-state index contributed by atoms with van der Waals surface area (Å²) in [5.74, 6) is -0.164. The van der Waals surface area contributed by atoms with Crippen molar-refractivity contribution in [2.75, 3.05) is 5.32 Å². The summed E-state index contributed by atoms with van der Waals surface area (Å²) < 4.78 is 0.680. The molecule has 0 fully saturated rings. The zero-order chi connectivity index (χ0) is 13.1. The normalized spacial score (nSPS) is 10.2. The SMILES string of the molecule is Cc1ccc(NC(=O)c2ccc(Cl)cc2Br)cc1. The fourth-order valence-electron chi connectivity index (χ4n) is 1.51. The highest BCUT2D eigenvalue weighted by atomic mass is 79.9. The van der Waals surface area contributed by atoms with E-state index >= 15 is 0 Å². The summed E-state index contributed by atoms with van der Waals surface area (Å²) in [6.45, 7) is 2.00. The molecular formula is C14H11BrClNO. The molecule has 0 spiro atoms. The molecule has 2 aromatic carbocycles. The Hall–Kier alpha value is -1.32. The minimum Gasteiger partial charge on any atom is -0.322 e. The van der Waals surface area contributed by atoms with Crippen molar-refractivity contribution in [2.45, 2.75) is 6.92 Å². The van der Waals surface area contributed by atoms with E-state index in [0.717, 1.165) is 11.3 Å². The smallest absolute Gasteiger partial charge is 0.256 e. The van der Waals surface area contributed by atoms with Gasteiger partial charge in [0.2, 0.25) is 0 Å². The topological polar surface area (TPSA) is 29.1 Å². The van der Waals surface area contributed by atoms with Crippen LogP contribution in [0.3, 0.4) is 0 Å². The van der Waals surface area contributed by atoms with Gasteiger partial charge in [-0.3, -0.25) is 4.79 Å². The standard InChI is InChI=1S/C14H11BrClNO/c1-9-2-5-11(6-3-9)17-14(18)12-7-4-10(16)8-13(12)15/h2-8H,1H3,(H,17,18). The van der Waals surface area contributed by atoms with Crippen molar-refractivity contribution in [1.82, 2.24) is 0 Å². The van der Waals surface area contributed by atoms with Crippen LogP contribution < -0.4 is 5.32 Å². The van der Waals surface area contributed by atoms with Crippen LogP contribution in [-0.4, -0.2) is 5.91 Å². The molecule has 0 aliphatic heterocycles. The van der Waals surface area contributed by atoms with Crippen LogP contribution in [0, 0.1) is 6.92 Å². The second kappa shape index (κ2) is 5.55. The molecule has 0 aliphatic rings. The van der Waals surface area contributed by atoms with Gasteiger partial charge in [-0.2, -0.15) is 0 Å². The Kier molecular flexibility index (Phi) is 4.04. The molecule has 0 aromatic heterocycles. The molecule has 0 atom stereocenters. The Balaban J connectivity index is 2.19. The number of hydrogen-bond donors (Lipinski definition) is 1. The lowest BCUT2D eigenvalue weighted by Gasteiger charge is -2.07. The van der Waals surface area contributed by atoms with E-state index < -0.39 is 0 Å². The first kappa shape index (κ1) is 13.1. The van der Waals surface area contributed by atoms with Crippen LogP contribution in [0.4, 0.5) is 5.69 Å². The number of amides is 1. The first-order valence-corrected chi connectivity index (χ1v) is 6.56. The number of carbonyl (C=O) groups is 1. The van der Waals surface area contributed by atoms with E-state index in [0.29, 0.717) is 15.1 Å². The van der Waals surface area contributed by atoms with Gasteiger partial charge in [0.05, 0.1) is 5.56 Å². The second-order valence-corrected chi connectivity index (χ2v) is 5.24. The fraction of sp³-hybridized carbons (Fsp3) is 0.0714. The highest BCUT2D eigenvalue weighted by molar-refractivity contribution is 9.10. The third kappa shape index (κ3) is 3.12. The molecule has 0 heterocycles. The largest absolute Gasteiger partial charge is 0.322 e. The Morgan fingerprint density at radius 1 is 1.17 bits per heavy atom. The van der Waals surface area contributed by atoms with Gasteiger partial charge in [0, 0.05) is 15.2 Å². The molecule has 2 rings (SSSR count). The third-order valence-electron chi connectivity index (χ3n) is 2.49. The van der Waals surface area contributed by atoms with Gasteiger partial charge in [0.15, 0.2) is 0 Å². The van der Waals surface area contributed by atoms with E-state index in [-0.39, 0.29) is 5.91 Å². The predicted molar refractivity (Wildman–Crippen MR) is 78.3 cm³/mol. The zero-order valence-electron chi connectivity index (χ0n) is 9.71. The molecule has 18 heavy (non-hydrogen) atoms. The van der Waals surface area contributed by atoms with Crippen LogP contribution in [0.15, 0.2) is 46.9 Å². The van der Waals surface area contributed by atoms with Crippen LogP contribution in [0.5, 0.6) is 0 Å². The van der Waals surface area contributed by atoms with Gasteiger partial charge in [-0.1, -0.05) is 29.3 Å². The Morgan fingerprint density at radius 3 is 2.44 bits per heavy atom. The molecule has 2 nitrogen and oxygen atoms in total. The van der Waals surface area contributed by atoms with Crippen molar-refractivity contribution in [3.63, 3.8) is 0 Å². The molecular weight excluding hydrogens is 314 g/mol. The summed E-state index contributed by atoms with van der Waals surface area (Å²) in [4.78, 5) is 12.0. The summed E-state index contributed by atoms with van der Waals surface area (Å²) in [6.07, 6.45) is 0. The minimum absolute atomic E-state index is 0.164. The molecule has 0 saturated heterocycles. The van der Waals surface area contributed by atoms with Crippen LogP contribution in [0.25, 0.3) is 0 Å². The van der Waals surface area contributed by atoms with Crippen LogP contribution in [-0.2, 0) is 0 Å². The Bertz CT molecular complexity index is 581. The number of nitrogens with one attached hydrogen (secondary N) is 1. The predicted octanol–water partition coefficient (Wildman–Crippen LogP) is 4.66. The molecule has 92 valence electrons. The van der Waals surface area contributed by atoms with Gasteiger partial charge in [-0.05, 0) is 53.2 Å². The maximum atomic E-state index is 12.0. The molecule has 0 unspecified atom stereocenters. The highest BCUT2D eigenvalue weighted by Crippen LogP contribution is 2.22. The maximum absolute atomic E-state index is 12.0. The number of anilines is 1. The number of rotatable bonds is 2. The van der Waals surface area contributed by atoms with Crippen molar-refractivity contribution in [2.24, 2.45) is 0 Å². The average Bonchev–Trinajstić information content (AvgIpc) is 2.32. The van der Waals surface area contributed by atoms with Crippen LogP contribution in [0.1, 0.15) is 15.9 Å². The van der Waals surface area contributed by atoms with Crippen molar-refractivity contribution < 1.29 is 4.79 Å². The lowest BCUT2D eigenvalue weighted by Crippen LogP contribution is -2.12. The summed E-state index contributed by atoms with van der Waals surface area (Å²) in [6, 6.07) is 12.7. The van der Waals surface area contributed by atoms with Crippen molar-refractivity contribution >= 4 is 39.1 Å². The quantitative estimate of drug-likeness (QED) is 0.855. The summed E-state index contributed by atoms with van der Waals surface area (Å²) in [5.41, 5.74) is 2.48. The van der Waals surface area contributed by atoms with E-state index in [1.807, 2.05) is 31.2 Å². The van der Waals surface area contributed by atoms with Crippen LogP contribution >= 0.6 is 27.5 Å². The van der Waals surface area contributed by atoms with Gasteiger partial charge < -0.3 is 5.32 Å². The van der Waals surface area contributed by atoms with Gasteiger partial charge in [0.25, 0.3) is 5.91 Å². The maximum Gasteiger partial charge on any atom is 0.256 e. The molecule has 1 N–H and O–H groups in total. The monoisotopic (exact) mass is 323 g/mol. The molecule has 2 aromatic rings. The molecule has 0 bridgehead atoms. The molecule has 0 radical (unpaired) electrons. The zero-order valence-corrected chi connectivity index (χ0v) is 12.0. The van der Waals surface area contributed by atoms with Crippen LogP contribution in [0.2, 0.25) is 5.02 Å². The summed E-state index contributed by atoms with van der Waals surface area (Å²) in [7, 11) is 0. The summed E-state index contributed by atoms with van der Waals surface area (Å²) >= 11 is 9.16. The van der Waals surface area contributed by atoms with Gasteiger partial charge >= 0.3 is 0 Å². The molecule has 4 heteroatoms. The highest BCUT2D eigenvalue weighted by Gasteiger charge is 2.10. The van der Waals surface area contributed by atoms with E-state index in [4.69, 9.17) is 11.6 Å². The van der Waals surface area contributed by atoms with Crippen molar-refractivity contribution in [1.29, 1.82) is 0 Å². The second-order valence-electron chi connectivity index (χ2n) is 3.94. The van der Waals surface area contributed by atoms with E-state index in [9.17, 15) is 4.79 Å². The van der Waals surface area contributed by atoms with E-state index in [1.165, 1.54) is 0 Å². The number of benzene rings is 2. The molecule has 1 amide bonds. The fourth-order valence-corrected chi connectivity index (χ4v) is 2.37. The number of hydrogen-bond acceptors (Lipinski definition) is 1. The Labute approximate surface area is 119 Å². The lowest BCUT2D eigenvalue weighted by atomic mass is 10.2. The third-order valence-corrected chi connectivity index (χ3v) is 3.38.